The number of hydrogen-bond acceptors (Lipinski definition) is 4. The van der Waals surface area contributed by atoms with Gasteiger partial charge in [0.1, 0.15) is 5.70 Å². The molecule has 0 bridgehead atoms. The van der Waals surface area contributed by atoms with Gasteiger partial charge in [0.2, 0.25) is 0 Å². The van der Waals surface area contributed by atoms with Crippen LogP contribution in [0.4, 0.5) is 5.69 Å². The summed E-state index contributed by atoms with van der Waals surface area (Å²) in [6.45, 7) is 3.79. The standard InChI is InChI=1S/C12H16N2O2/c1-3-16-12(15)11(13)9(2)14-10-7-5-4-6-8-10/h4-8,14H,3,13H2,1-2H3/b11-9-. The van der Waals surface area contributed by atoms with Gasteiger partial charge >= 0.3 is 5.97 Å². The number of nitrogens with two attached hydrogens (primary N) is 1. The Kier molecular flexibility index (Phi) is 4.39. The van der Waals surface area contributed by atoms with Crippen molar-refractivity contribution >= 4 is 11.7 Å². The maximum absolute atomic E-state index is 11.3. The van der Waals surface area contributed by atoms with E-state index in [4.69, 9.17) is 10.5 Å². The first kappa shape index (κ1) is 12.1. The molecule has 0 aliphatic heterocycles. The fourth-order valence-electron chi connectivity index (χ4n) is 1.17. The average Bonchev–Trinajstić information content (AvgIpc) is 2.29. The van der Waals surface area contributed by atoms with E-state index in [0.29, 0.717) is 12.3 Å². The summed E-state index contributed by atoms with van der Waals surface area (Å²) in [6.07, 6.45) is 0. The number of benzene rings is 1. The van der Waals surface area contributed by atoms with E-state index in [1.54, 1.807) is 13.8 Å². The van der Waals surface area contributed by atoms with Crippen LogP contribution in [0.2, 0.25) is 0 Å². The van der Waals surface area contributed by atoms with Gasteiger partial charge in [0.25, 0.3) is 0 Å². The van der Waals surface area contributed by atoms with Crippen LogP contribution in [0.1, 0.15) is 13.8 Å². The summed E-state index contributed by atoms with van der Waals surface area (Å²) in [5.41, 5.74) is 7.21. The van der Waals surface area contributed by atoms with Crippen molar-refractivity contribution in [3.63, 3.8) is 0 Å². The lowest BCUT2D eigenvalue weighted by Crippen LogP contribution is -2.19. The maximum atomic E-state index is 11.3. The van der Waals surface area contributed by atoms with E-state index >= 15 is 0 Å². The van der Waals surface area contributed by atoms with Crippen LogP contribution >= 0.6 is 0 Å². The third-order valence-electron chi connectivity index (χ3n) is 2.00. The summed E-state index contributed by atoms with van der Waals surface area (Å²) in [7, 11) is 0. The minimum absolute atomic E-state index is 0.103. The molecule has 86 valence electrons. The third-order valence-corrected chi connectivity index (χ3v) is 2.00. The second-order valence-electron chi connectivity index (χ2n) is 3.25. The van der Waals surface area contributed by atoms with Crippen LogP contribution in [0.3, 0.4) is 0 Å². The molecule has 0 amide bonds. The van der Waals surface area contributed by atoms with Crippen LogP contribution in [0.15, 0.2) is 41.7 Å². The van der Waals surface area contributed by atoms with Crippen LogP contribution in [0.5, 0.6) is 0 Å². The number of carbonyl (C=O) groups is 1. The number of para-hydroxylation sites is 1. The van der Waals surface area contributed by atoms with E-state index in [9.17, 15) is 4.79 Å². The molecule has 4 nitrogen and oxygen atoms in total. The van der Waals surface area contributed by atoms with Gasteiger partial charge in [-0.05, 0) is 26.0 Å². The minimum atomic E-state index is -0.497. The van der Waals surface area contributed by atoms with Gasteiger partial charge in [-0.1, -0.05) is 18.2 Å². The Morgan fingerprint density at radius 3 is 2.56 bits per heavy atom. The van der Waals surface area contributed by atoms with Crippen molar-refractivity contribution < 1.29 is 9.53 Å². The number of anilines is 1. The van der Waals surface area contributed by atoms with Crippen LogP contribution in [0, 0.1) is 0 Å². The van der Waals surface area contributed by atoms with Gasteiger partial charge in [0.05, 0.1) is 6.61 Å². The first-order chi connectivity index (χ1) is 7.65. The highest BCUT2D eigenvalue weighted by molar-refractivity contribution is 5.88. The lowest BCUT2D eigenvalue weighted by Gasteiger charge is -2.09. The van der Waals surface area contributed by atoms with Gasteiger partial charge in [-0.3, -0.25) is 0 Å². The lowest BCUT2D eigenvalue weighted by atomic mass is 10.3. The number of nitrogens with one attached hydrogen (secondary N) is 1. The average molecular weight is 220 g/mol. The molecule has 3 N–H and O–H groups in total. The van der Waals surface area contributed by atoms with E-state index in [1.165, 1.54) is 0 Å². The van der Waals surface area contributed by atoms with Gasteiger partial charge in [0, 0.05) is 11.4 Å². The zero-order valence-electron chi connectivity index (χ0n) is 9.49. The first-order valence-corrected chi connectivity index (χ1v) is 5.10. The summed E-state index contributed by atoms with van der Waals surface area (Å²) in [5.74, 6) is -0.497. The van der Waals surface area contributed by atoms with E-state index in [2.05, 4.69) is 5.32 Å². The Hall–Kier alpha value is -1.97. The van der Waals surface area contributed by atoms with Crippen molar-refractivity contribution in [3.05, 3.63) is 41.7 Å². The van der Waals surface area contributed by atoms with E-state index in [1.807, 2.05) is 30.3 Å². The Balaban J connectivity index is 2.73. The summed E-state index contributed by atoms with van der Waals surface area (Å²) in [5, 5.41) is 3.03. The Morgan fingerprint density at radius 1 is 1.38 bits per heavy atom. The highest BCUT2D eigenvalue weighted by Gasteiger charge is 2.09. The summed E-state index contributed by atoms with van der Waals surface area (Å²) in [4.78, 5) is 11.3. The summed E-state index contributed by atoms with van der Waals surface area (Å²) < 4.78 is 4.80. The Labute approximate surface area is 95.1 Å². The van der Waals surface area contributed by atoms with Crippen LogP contribution in [0.25, 0.3) is 0 Å². The molecule has 0 radical (unpaired) electrons. The molecule has 0 aromatic heterocycles. The molecule has 0 aliphatic rings. The topological polar surface area (TPSA) is 64.3 Å². The molecular formula is C12H16N2O2. The highest BCUT2D eigenvalue weighted by atomic mass is 16.5. The minimum Gasteiger partial charge on any atom is -0.461 e. The lowest BCUT2D eigenvalue weighted by molar-refractivity contribution is -0.138. The normalized spacial score (nSPS) is 11.6. The van der Waals surface area contributed by atoms with E-state index in [0.717, 1.165) is 5.69 Å². The molecule has 0 heterocycles. The van der Waals surface area contributed by atoms with Gasteiger partial charge in [-0.2, -0.15) is 0 Å². The van der Waals surface area contributed by atoms with Crippen molar-refractivity contribution in [2.75, 3.05) is 11.9 Å². The van der Waals surface area contributed by atoms with Crippen LogP contribution in [-0.2, 0) is 9.53 Å². The number of rotatable bonds is 4. The van der Waals surface area contributed by atoms with E-state index in [-0.39, 0.29) is 5.70 Å². The third kappa shape index (κ3) is 3.31. The second-order valence-corrected chi connectivity index (χ2v) is 3.25. The highest BCUT2D eigenvalue weighted by Crippen LogP contribution is 2.10. The SMILES string of the molecule is CCOC(=O)/C(N)=C(\C)Nc1ccccc1. The molecule has 1 aromatic carbocycles. The number of carbonyl (C=O) groups excluding carboxylic acids is 1. The predicted molar refractivity (Wildman–Crippen MR) is 63.6 cm³/mol. The number of hydrogen-bond donors (Lipinski definition) is 2. The molecular weight excluding hydrogens is 204 g/mol. The fraction of sp³-hybridized carbons (Fsp3) is 0.250. The molecule has 1 rings (SSSR count). The second kappa shape index (κ2) is 5.80. The summed E-state index contributed by atoms with van der Waals surface area (Å²) >= 11 is 0. The Bertz CT molecular complexity index is 385. The first-order valence-electron chi connectivity index (χ1n) is 5.10. The molecule has 0 aliphatic carbocycles. The molecule has 0 unspecified atom stereocenters. The number of ether oxygens (including phenoxy) is 1. The molecule has 4 heteroatoms. The fourth-order valence-corrected chi connectivity index (χ4v) is 1.17. The van der Waals surface area contributed by atoms with Crippen molar-refractivity contribution in [2.24, 2.45) is 5.73 Å². The summed E-state index contributed by atoms with van der Waals surface area (Å²) in [6, 6.07) is 9.50. The maximum Gasteiger partial charge on any atom is 0.355 e. The quantitative estimate of drug-likeness (QED) is 0.600. The molecule has 0 saturated heterocycles. The van der Waals surface area contributed by atoms with Gasteiger partial charge < -0.3 is 15.8 Å². The monoisotopic (exact) mass is 220 g/mol. The Morgan fingerprint density at radius 2 is 2.00 bits per heavy atom. The molecule has 0 fully saturated rings. The smallest absolute Gasteiger partial charge is 0.355 e. The van der Waals surface area contributed by atoms with E-state index < -0.39 is 5.97 Å². The van der Waals surface area contributed by atoms with Gasteiger partial charge in [0.15, 0.2) is 0 Å². The molecule has 1 aromatic rings. The van der Waals surface area contributed by atoms with Gasteiger partial charge in [-0.25, -0.2) is 4.79 Å². The van der Waals surface area contributed by atoms with Gasteiger partial charge in [-0.15, -0.1) is 0 Å². The van der Waals surface area contributed by atoms with Crippen molar-refractivity contribution in [1.29, 1.82) is 0 Å². The predicted octanol–water partition coefficient (Wildman–Crippen LogP) is 1.85. The van der Waals surface area contributed by atoms with Crippen molar-refractivity contribution in [2.45, 2.75) is 13.8 Å². The molecule has 0 spiro atoms. The zero-order chi connectivity index (χ0) is 12.0. The number of allylic oxidation sites excluding steroid dienone is 1. The van der Waals surface area contributed by atoms with Crippen LogP contribution in [-0.4, -0.2) is 12.6 Å². The van der Waals surface area contributed by atoms with Crippen LogP contribution < -0.4 is 11.1 Å². The largest absolute Gasteiger partial charge is 0.461 e. The molecule has 16 heavy (non-hydrogen) atoms. The molecule has 0 saturated carbocycles. The molecule has 0 atom stereocenters. The zero-order valence-corrected chi connectivity index (χ0v) is 9.49. The number of esters is 1. The van der Waals surface area contributed by atoms with Crippen molar-refractivity contribution in [3.8, 4) is 0 Å². The van der Waals surface area contributed by atoms with Crippen molar-refractivity contribution in [1.82, 2.24) is 0 Å².